The third-order valence-corrected chi connectivity index (χ3v) is 3.97. The molecule has 1 aromatic carbocycles. The molecule has 0 aliphatic carbocycles. The molecule has 3 nitrogen and oxygen atoms in total. The average molecular weight is 271 g/mol. The summed E-state index contributed by atoms with van der Waals surface area (Å²) in [7, 11) is 0. The quantitative estimate of drug-likeness (QED) is 0.732. The van der Waals surface area contributed by atoms with Crippen LogP contribution in [0.4, 0.5) is 5.69 Å². The van der Waals surface area contributed by atoms with Crippen LogP contribution in [0.3, 0.4) is 0 Å². The van der Waals surface area contributed by atoms with Crippen LogP contribution in [0.1, 0.15) is 13.8 Å². The molecule has 0 unspecified atom stereocenters. The van der Waals surface area contributed by atoms with E-state index in [-0.39, 0.29) is 0 Å². The third kappa shape index (κ3) is 2.12. The fourth-order valence-electron chi connectivity index (χ4n) is 2.31. The first kappa shape index (κ1) is 12.2. The van der Waals surface area contributed by atoms with Crippen LogP contribution in [0.15, 0.2) is 35.7 Å². The summed E-state index contributed by atoms with van der Waals surface area (Å²) in [5, 5.41) is 2.08. The summed E-state index contributed by atoms with van der Waals surface area (Å²) in [5.41, 5.74) is 8.83. The first-order chi connectivity index (χ1) is 9.16. The summed E-state index contributed by atoms with van der Waals surface area (Å²) in [6, 6.07) is 10.2. The van der Waals surface area contributed by atoms with Gasteiger partial charge >= 0.3 is 0 Å². The zero-order chi connectivity index (χ0) is 13.4. The van der Waals surface area contributed by atoms with Crippen LogP contribution in [-0.2, 0) is 6.54 Å². The Morgan fingerprint density at radius 3 is 2.79 bits per heavy atom. The number of hydrogen-bond donors (Lipinski definition) is 1. The standard InChI is InChI=1S/C15H17N3S/c1-10(2)9-18-12-6-3-5-11(16)14(12)17-15(18)13-7-4-8-19-13/h3-8,10H,9,16H2,1-2H3. The Bertz CT molecular complexity index is 696. The molecule has 4 heteroatoms. The molecule has 0 amide bonds. The van der Waals surface area contributed by atoms with Gasteiger partial charge in [-0.1, -0.05) is 26.0 Å². The van der Waals surface area contributed by atoms with Gasteiger partial charge in [0.15, 0.2) is 5.82 Å². The van der Waals surface area contributed by atoms with Crippen LogP contribution in [0.5, 0.6) is 0 Å². The van der Waals surface area contributed by atoms with Gasteiger partial charge in [0.2, 0.25) is 0 Å². The molecule has 98 valence electrons. The Labute approximate surface area is 116 Å². The van der Waals surface area contributed by atoms with Crippen LogP contribution in [0, 0.1) is 5.92 Å². The largest absolute Gasteiger partial charge is 0.397 e. The Morgan fingerprint density at radius 1 is 1.26 bits per heavy atom. The normalized spacial score (nSPS) is 11.5. The van der Waals surface area contributed by atoms with Crippen LogP contribution in [-0.4, -0.2) is 9.55 Å². The first-order valence-corrected chi connectivity index (χ1v) is 7.33. The minimum absolute atomic E-state index is 0.567. The van der Waals surface area contributed by atoms with Gasteiger partial charge in [0.1, 0.15) is 5.52 Å². The Balaban J connectivity index is 2.28. The van der Waals surface area contributed by atoms with E-state index in [2.05, 4.69) is 42.0 Å². The van der Waals surface area contributed by atoms with Crippen molar-refractivity contribution in [1.29, 1.82) is 0 Å². The van der Waals surface area contributed by atoms with Gasteiger partial charge in [-0.3, -0.25) is 0 Å². The van der Waals surface area contributed by atoms with Crippen molar-refractivity contribution < 1.29 is 0 Å². The van der Waals surface area contributed by atoms with Gasteiger partial charge in [-0.05, 0) is 29.5 Å². The molecule has 0 saturated carbocycles. The molecule has 2 heterocycles. The molecular weight excluding hydrogens is 254 g/mol. The molecule has 19 heavy (non-hydrogen) atoms. The van der Waals surface area contributed by atoms with Crippen LogP contribution in [0.25, 0.3) is 21.7 Å². The molecule has 0 fully saturated rings. The van der Waals surface area contributed by atoms with E-state index in [9.17, 15) is 0 Å². The minimum atomic E-state index is 0.567. The topological polar surface area (TPSA) is 43.8 Å². The maximum Gasteiger partial charge on any atom is 0.151 e. The SMILES string of the molecule is CC(C)Cn1c(-c2cccs2)nc2c(N)cccc21. The number of thiophene rings is 1. The molecule has 0 saturated heterocycles. The summed E-state index contributed by atoms with van der Waals surface area (Å²) in [5.74, 6) is 1.59. The summed E-state index contributed by atoms with van der Waals surface area (Å²) in [6.07, 6.45) is 0. The molecule has 0 spiro atoms. The van der Waals surface area contributed by atoms with E-state index in [0.29, 0.717) is 5.92 Å². The molecule has 0 radical (unpaired) electrons. The van der Waals surface area contributed by atoms with Crippen molar-refractivity contribution in [3.63, 3.8) is 0 Å². The van der Waals surface area contributed by atoms with Gasteiger partial charge in [-0.25, -0.2) is 4.98 Å². The maximum absolute atomic E-state index is 6.05. The molecule has 2 aromatic heterocycles. The van der Waals surface area contributed by atoms with Crippen molar-refractivity contribution in [2.45, 2.75) is 20.4 Å². The highest BCUT2D eigenvalue weighted by atomic mass is 32.1. The van der Waals surface area contributed by atoms with Crippen molar-refractivity contribution in [3.8, 4) is 10.7 Å². The number of benzene rings is 1. The highest BCUT2D eigenvalue weighted by Crippen LogP contribution is 2.31. The van der Waals surface area contributed by atoms with Crippen molar-refractivity contribution >= 4 is 28.1 Å². The highest BCUT2D eigenvalue weighted by Gasteiger charge is 2.15. The summed E-state index contributed by atoms with van der Waals surface area (Å²) in [6.45, 7) is 5.39. The lowest BCUT2D eigenvalue weighted by molar-refractivity contribution is 0.537. The van der Waals surface area contributed by atoms with Gasteiger partial charge in [0.25, 0.3) is 0 Å². The number of nitrogen functional groups attached to an aromatic ring is 1. The number of rotatable bonds is 3. The molecule has 0 aliphatic rings. The van der Waals surface area contributed by atoms with Gasteiger partial charge in [-0.15, -0.1) is 11.3 Å². The summed E-state index contributed by atoms with van der Waals surface area (Å²) >= 11 is 1.71. The van der Waals surface area contributed by atoms with Crippen molar-refractivity contribution in [3.05, 3.63) is 35.7 Å². The Hall–Kier alpha value is -1.81. The zero-order valence-corrected chi connectivity index (χ0v) is 11.9. The van der Waals surface area contributed by atoms with E-state index < -0.39 is 0 Å². The zero-order valence-electron chi connectivity index (χ0n) is 11.1. The third-order valence-electron chi connectivity index (χ3n) is 3.10. The summed E-state index contributed by atoms with van der Waals surface area (Å²) in [4.78, 5) is 5.95. The highest BCUT2D eigenvalue weighted by molar-refractivity contribution is 7.13. The van der Waals surface area contributed by atoms with Crippen LogP contribution in [0.2, 0.25) is 0 Å². The minimum Gasteiger partial charge on any atom is -0.397 e. The second-order valence-electron chi connectivity index (χ2n) is 5.13. The number of nitrogens with zero attached hydrogens (tertiary/aromatic N) is 2. The molecule has 0 aliphatic heterocycles. The predicted molar refractivity (Wildman–Crippen MR) is 82.3 cm³/mol. The smallest absolute Gasteiger partial charge is 0.151 e. The molecule has 3 aromatic rings. The van der Waals surface area contributed by atoms with Crippen LogP contribution >= 0.6 is 11.3 Å². The predicted octanol–water partition coefficient (Wildman–Crippen LogP) is 4.00. The Morgan fingerprint density at radius 2 is 2.11 bits per heavy atom. The van der Waals surface area contributed by atoms with Gasteiger partial charge < -0.3 is 10.3 Å². The van der Waals surface area contributed by atoms with E-state index in [0.717, 1.165) is 29.1 Å². The van der Waals surface area contributed by atoms with Crippen molar-refractivity contribution in [2.75, 3.05) is 5.73 Å². The molecule has 0 atom stereocenters. The Kier molecular flexibility index (Phi) is 3.03. The number of imidazole rings is 1. The second kappa shape index (κ2) is 4.70. The number of aromatic nitrogens is 2. The van der Waals surface area contributed by atoms with E-state index in [1.807, 2.05) is 12.1 Å². The fraction of sp³-hybridized carbons (Fsp3) is 0.267. The number of nitrogens with two attached hydrogens (primary N) is 1. The van der Waals surface area contributed by atoms with E-state index in [4.69, 9.17) is 10.7 Å². The van der Waals surface area contributed by atoms with Gasteiger partial charge in [0.05, 0.1) is 16.1 Å². The van der Waals surface area contributed by atoms with Crippen molar-refractivity contribution in [1.82, 2.24) is 9.55 Å². The molecule has 3 rings (SSSR count). The molecular formula is C15H17N3S. The second-order valence-corrected chi connectivity index (χ2v) is 6.08. The number of fused-ring (bicyclic) bond motifs is 1. The van der Waals surface area contributed by atoms with Gasteiger partial charge in [-0.2, -0.15) is 0 Å². The lowest BCUT2D eigenvalue weighted by atomic mass is 10.2. The number of anilines is 1. The average Bonchev–Trinajstić information content (AvgIpc) is 2.97. The number of para-hydroxylation sites is 1. The van der Waals surface area contributed by atoms with Crippen molar-refractivity contribution in [2.24, 2.45) is 5.92 Å². The summed E-state index contributed by atoms with van der Waals surface area (Å²) < 4.78 is 2.28. The first-order valence-electron chi connectivity index (χ1n) is 6.45. The van der Waals surface area contributed by atoms with Gasteiger partial charge in [0, 0.05) is 6.54 Å². The van der Waals surface area contributed by atoms with E-state index in [1.165, 1.54) is 4.88 Å². The monoisotopic (exact) mass is 271 g/mol. The van der Waals surface area contributed by atoms with E-state index >= 15 is 0 Å². The lowest BCUT2D eigenvalue weighted by Crippen LogP contribution is -2.05. The van der Waals surface area contributed by atoms with Crippen LogP contribution < -0.4 is 5.73 Å². The molecule has 2 N–H and O–H groups in total. The lowest BCUT2D eigenvalue weighted by Gasteiger charge is -2.10. The van der Waals surface area contributed by atoms with E-state index in [1.54, 1.807) is 11.3 Å². The maximum atomic E-state index is 6.05. The fourth-order valence-corrected chi connectivity index (χ4v) is 3.03. The molecule has 0 bridgehead atoms. The number of hydrogen-bond acceptors (Lipinski definition) is 3.